The summed E-state index contributed by atoms with van der Waals surface area (Å²) in [6, 6.07) is 11.1. The molecule has 1 fully saturated rings. The summed E-state index contributed by atoms with van der Waals surface area (Å²) in [5, 5.41) is 9.81. The summed E-state index contributed by atoms with van der Waals surface area (Å²) in [5.74, 6) is 0.376. The van der Waals surface area contributed by atoms with Gasteiger partial charge in [0, 0.05) is 37.0 Å². The van der Waals surface area contributed by atoms with Gasteiger partial charge in [-0.25, -0.2) is 0 Å². The SMILES string of the molecule is NC(=O)C1CCN(C(=O)CSc2nnc(-c3ccncc3)n2-c2ccccc2Cl)CC1. The molecule has 2 aromatic heterocycles. The minimum absolute atomic E-state index is 0.00732. The third-order valence-corrected chi connectivity index (χ3v) is 6.47. The lowest BCUT2D eigenvalue weighted by Gasteiger charge is -2.30. The smallest absolute Gasteiger partial charge is 0.233 e. The summed E-state index contributed by atoms with van der Waals surface area (Å²) in [7, 11) is 0. The van der Waals surface area contributed by atoms with Gasteiger partial charge >= 0.3 is 0 Å². The van der Waals surface area contributed by atoms with E-state index in [-0.39, 0.29) is 23.5 Å². The molecule has 3 heterocycles. The molecule has 31 heavy (non-hydrogen) atoms. The molecule has 0 atom stereocenters. The van der Waals surface area contributed by atoms with E-state index >= 15 is 0 Å². The molecular formula is C21H21ClN6O2S. The third kappa shape index (κ3) is 4.72. The van der Waals surface area contributed by atoms with Crippen LogP contribution in [0.1, 0.15) is 12.8 Å². The average Bonchev–Trinajstić information content (AvgIpc) is 3.22. The second kappa shape index (κ2) is 9.49. The molecule has 1 aliphatic heterocycles. The highest BCUT2D eigenvalue weighted by atomic mass is 35.5. The minimum Gasteiger partial charge on any atom is -0.369 e. The van der Waals surface area contributed by atoms with Gasteiger partial charge in [-0.3, -0.25) is 19.1 Å². The molecule has 10 heteroatoms. The Bertz CT molecular complexity index is 1080. The number of halogens is 1. The van der Waals surface area contributed by atoms with E-state index < -0.39 is 0 Å². The van der Waals surface area contributed by atoms with E-state index in [0.717, 1.165) is 11.3 Å². The number of benzene rings is 1. The predicted molar refractivity (Wildman–Crippen MR) is 119 cm³/mol. The quantitative estimate of drug-likeness (QED) is 0.571. The van der Waals surface area contributed by atoms with Crippen LogP contribution in [0, 0.1) is 5.92 Å². The van der Waals surface area contributed by atoms with Crippen molar-refractivity contribution in [3.05, 3.63) is 53.8 Å². The van der Waals surface area contributed by atoms with Crippen LogP contribution in [0.4, 0.5) is 0 Å². The van der Waals surface area contributed by atoms with Gasteiger partial charge in [-0.05, 0) is 37.1 Å². The molecule has 0 aliphatic carbocycles. The van der Waals surface area contributed by atoms with E-state index in [1.807, 2.05) is 34.9 Å². The van der Waals surface area contributed by atoms with Gasteiger partial charge in [0.2, 0.25) is 11.8 Å². The van der Waals surface area contributed by atoms with Gasteiger partial charge in [-0.1, -0.05) is 35.5 Å². The fraction of sp³-hybridized carbons (Fsp3) is 0.286. The van der Waals surface area contributed by atoms with Crippen molar-refractivity contribution in [1.29, 1.82) is 0 Å². The number of piperidine rings is 1. The number of thioether (sulfide) groups is 1. The van der Waals surface area contributed by atoms with Crippen molar-refractivity contribution in [3.63, 3.8) is 0 Å². The summed E-state index contributed by atoms with van der Waals surface area (Å²) in [6.45, 7) is 1.07. The number of nitrogens with zero attached hydrogens (tertiary/aromatic N) is 5. The molecule has 1 aliphatic rings. The number of aromatic nitrogens is 4. The number of pyridine rings is 1. The number of hydrogen-bond acceptors (Lipinski definition) is 6. The van der Waals surface area contributed by atoms with Crippen LogP contribution in [0.15, 0.2) is 53.9 Å². The number of likely N-dealkylation sites (tertiary alicyclic amines) is 1. The molecule has 8 nitrogen and oxygen atoms in total. The van der Waals surface area contributed by atoms with E-state index in [0.29, 0.717) is 41.9 Å². The zero-order chi connectivity index (χ0) is 21.8. The summed E-state index contributed by atoms with van der Waals surface area (Å²) in [6.07, 6.45) is 4.58. The van der Waals surface area contributed by atoms with Crippen molar-refractivity contribution in [3.8, 4) is 17.1 Å². The normalized spacial score (nSPS) is 14.5. The van der Waals surface area contributed by atoms with Crippen molar-refractivity contribution < 1.29 is 9.59 Å². The van der Waals surface area contributed by atoms with E-state index in [9.17, 15) is 9.59 Å². The molecule has 2 N–H and O–H groups in total. The monoisotopic (exact) mass is 456 g/mol. The topological polar surface area (TPSA) is 107 Å². The van der Waals surface area contributed by atoms with Crippen LogP contribution in [0.5, 0.6) is 0 Å². The number of para-hydroxylation sites is 1. The van der Waals surface area contributed by atoms with Crippen molar-refractivity contribution in [2.75, 3.05) is 18.8 Å². The van der Waals surface area contributed by atoms with Crippen molar-refractivity contribution >= 4 is 35.2 Å². The highest BCUT2D eigenvalue weighted by Crippen LogP contribution is 2.31. The molecule has 2 amide bonds. The minimum atomic E-state index is -0.294. The highest BCUT2D eigenvalue weighted by Gasteiger charge is 2.26. The lowest BCUT2D eigenvalue weighted by Crippen LogP contribution is -2.42. The number of primary amides is 1. The summed E-state index contributed by atoms with van der Waals surface area (Å²) in [5.41, 5.74) is 6.95. The van der Waals surface area contributed by atoms with Crippen molar-refractivity contribution in [1.82, 2.24) is 24.6 Å². The molecule has 0 bridgehead atoms. The van der Waals surface area contributed by atoms with Gasteiger partial charge in [-0.15, -0.1) is 10.2 Å². The van der Waals surface area contributed by atoms with E-state index in [4.69, 9.17) is 17.3 Å². The molecule has 0 spiro atoms. The molecule has 0 saturated carbocycles. The van der Waals surface area contributed by atoms with Crippen LogP contribution in [-0.4, -0.2) is 55.3 Å². The van der Waals surface area contributed by atoms with Gasteiger partial charge in [-0.2, -0.15) is 0 Å². The molecular weight excluding hydrogens is 436 g/mol. The maximum absolute atomic E-state index is 12.7. The second-order valence-electron chi connectivity index (χ2n) is 7.17. The first-order valence-electron chi connectivity index (χ1n) is 9.85. The predicted octanol–water partition coefficient (Wildman–Crippen LogP) is 2.80. The van der Waals surface area contributed by atoms with Gasteiger partial charge in [0.05, 0.1) is 16.5 Å². The van der Waals surface area contributed by atoms with E-state index in [1.54, 1.807) is 23.4 Å². The maximum atomic E-state index is 12.7. The largest absolute Gasteiger partial charge is 0.369 e. The molecule has 160 valence electrons. The lowest BCUT2D eigenvalue weighted by atomic mass is 9.96. The Hall–Kier alpha value is -2.91. The molecule has 1 aromatic carbocycles. The van der Waals surface area contributed by atoms with Gasteiger partial charge in [0.15, 0.2) is 11.0 Å². The van der Waals surface area contributed by atoms with Gasteiger partial charge in [0.25, 0.3) is 0 Å². The molecule has 4 rings (SSSR count). The Balaban J connectivity index is 1.55. The van der Waals surface area contributed by atoms with E-state index in [1.165, 1.54) is 11.8 Å². The average molecular weight is 457 g/mol. The first-order valence-corrected chi connectivity index (χ1v) is 11.2. The first kappa shape index (κ1) is 21.3. The molecule has 0 radical (unpaired) electrons. The maximum Gasteiger partial charge on any atom is 0.233 e. The molecule has 1 saturated heterocycles. The number of rotatable bonds is 6. The fourth-order valence-electron chi connectivity index (χ4n) is 3.53. The second-order valence-corrected chi connectivity index (χ2v) is 8.52. The lowest BCUT2D eigenvalue weighted by molar-refractivity contribution is -0.132. The van der Waals surface area contributed by atoms with Crippen molar-refractivity contribution in [2.45, 2.75) is 18.0 Å². The summed E-state index contributed by atoms with van der Waals surface area (Å²) < 4.78 is 1.86. The zero-order valence-corrected chi connectivity index (χ0v) is 18.2. The first-order chi connectivity index (χ1) is 15.0. The third-order valence-electron chi connectivity index (χ3n) is 5.24. The molecule has 3 aromatic rings. The number of carbonyl (C=O) groups is 2. The zero-order valence-electron chi connectivity index (χ0n) is 16.6. The number of nitrogens with two attached hydrogens (primary N) is 1. The van der Waals surface area contributed by atoms with Crippen LogP contribution in [0.25, 0.3) is 17.1 Å². The summed E-state index contributed by atoms with van der Waals surface area (Å²) >= 11 is 7.77. The Morgan fingerprint density at radius 3 is 2.48 bits per heavy atom. The number of amides is 2. The number of carbonyl (C=O) groups excluding carboxylic acids is 2. The number of hydrogen-bond donors (Lipinski definition) is 1. The van der Waals surface area contributed by atoms with Crippen LogP contribution < -0.4 is 5.73 Å². The summed E-state index contributed by atoms with van der Waals surface area (Å²) in [4.78, 5) is 29.9. The van der Waals surface area contributed by atoms with Gasteiger partial charge < -0.3 is 10.6 Å². The van der Waals surface area contributed by atoms with Crippen LogP contribution in [0.3, 0.4) is 0 Å². The fourth-order valence-corrected chi connectivity index (χ4v) is 4.60. The van der Waals surface area contributed by atoms with Crippen LogP contribution in [0.2, 0.25) is 5.02 Å². The standard InChI is InChI=1S/C21H21ClN6O2S/c22-16-3-1-2-4-17(16)28-20(15-5-9-24-10-6-15)25-26-21(28)31-13-18(29)27-11-7-14(8-12-27)19(23)30/h1-6,9-10,14H,7-8,11-13H2,(H2,23,30). The van der Waals surface area contributed by atoms with Crippen molar-refractivity contribution in [2.24, 2.45) is 11.7 Å². The highest BCUT2D eigenvalue weighted by molar-refractivity contribution is 7.99. The van der Waals surface area contributed by atoms with Gasteiger partial charge in [0.1, 0.15) is 0 Å². The Morgan fingerprint density at radius 2 is 1.81 bits per heavy atom. The Labute approximate surface area is 188 Å². The Morgan fingerprint density at radius 1 is 1.10 bits per heavy atom. The molecule has 0 unspecified atom stereocenters. The van der Waals surface area contributed by atoms with E-state index in [2.05, 4.69) is 15.2 Å². The van der Waals surface area contributed by atoms with Crippen LogP contribution in [-0.2, 0) is 9.59 Å². The van der Waals surface area contributed by atoms with Crippen LogP contribution >= 0.6 is 23.4 Å². The Kier molecular flexibility index (Phi) is 6.53.